The number of carbonyl (C=O) groups is 1. The van der Waals surface area contributed by atoms with Crippen molar-refractivity contribution in [2.45, 2.75) is 0 Å². The molecule has 58 valence electrons. The molecule has 0 spiro atoms. The summed E-state index contributed by atoms with van der Waals surface area (Å²) in [6, 6.07) is 0. The number of ether oxygens (including phenoxy) is 2. The van der Waals surface area contributed by atoms with Gasteiger partial charge in [-0.05, 0) is 0 Å². The van der Waals surface area contributed by atoms with Crippen molar-refractivity contribution in [1.29, 1.82) is 0 Å². The predicted octanol–water partition coefficient (Wildman–Crippen LogP) is -0.422. The van der Waals surface area contributed by atoms with Crippen molar-refractivity contribution in [3.63, 3.8) is 0 Å². The van der Waals surface area contributed by atoms with E-state index in [0.717, 1.165) is 0 Å². The average molecular weight is 224 g/mol. The Bertz CT molecular complexity index is 93.5. The number of hydrogen-bond donors (Lipinski definition) is 1. The van der Waals surface area contributed by atoms with Crippen molar-refractivity contribution in [3.8, 4) is 0 Å². The number of carboxylic acid groups (broad SMARTS) is 1. The SMILES string of the molecule is COCCOCC(=O)O.[H-].[H-].[Sr+2]. The molecule has 0 aliphatic rings. The van der Waals surface area contributed by atoms with E-state index in [9.17, 15) is 4.79 Å². The maximum absolute atomic E-state index is 9.80. The third kappa shape index (κ3) is 11.6. The fourth-order valence-electron chi connectivity index (χ4n) is 0.302. The van der Waals surface area contributed by atoms with Crippen LogP contribution in [0.1, 0.15) is 2.85 Å². The van der Waals surface area contributed by atoms with Crippen LogP contribution < -0.4 is 0 Å². The van der Waals surface area contributed by atoms with Crippen LogP contribution in [-0.2, 0) is 14.3 Å². The molecule has 4 nitrogen and oxygen atoms in total. The fourth-order valence-corrected chi connectivity index (χ4v) is 0.302. The van der Waals surface area contributed by atoms with Crippen LogP contribution in [0, 0.1) is 0 Å². The van der Waals surface area contributed by atoms with E-state index in [4.69, 9.17) is 5.11 Å². The molecule has 0 saturated heterocycles. The van der Waals surface area contributed by atoms with Gasteiger partial charge < -0.3 is 17.4 Å². The molecule has 10 heavy (non-hydrogen) atoms. The molecule has 0 aliphatic carbocycles. The summed E-state index contributed by atoms with van der Waals surface area (Å²) < 4.78 is 9.22. The molecule has 0 unspecified atom stereocenters. The van der Waals surface area contributed by atoms with Gasteiger partial charge in [0, 0.05) is 7.11 Å². The van der Waals surface area contributed by atoms with Gasteiger partial charge in [0.05, 0.1) is 13.2 Å². The third-order valence-corrected chi connectivity index (χ3v) is 0.657. The summed E-state index contributed by atoms with van der Waals surface area (Å²) in [4.78, 5) is 9.80. The van der Waals surface area contributed by atoms with E-state index in [-0.39, 0.29) is 54.9 Å². The normalized spacial score (nSPS) is 8.50. The molecule has 0 saturated carbocycles. The molecular weight excluding hydrogens is 212 g/mol. The first kappa shape index (κ1) is 13.5. The Kier molecular flexibility index (Phi) is 13.3. The Morgan fingerprint density at radius 2 is 2.20 bits per heavy atom. The van der Waals surface area contributed by atoms with Gasteiger partial charge in [0.1, 0.15) is 6.61 Å². The second-order valence-electron chi connectivity index (χ2n) is 1.44. The number of methoxy groups -OCH3 is 1. The summed E-state index contributed by atoms with van der Waals surface area (Å²) in [7, 11) is 1.53. The average Bonchev–Trinajstić information content (AvgIpc) is 1.80. The quantitative estimate of drug-likeness (QED) is 0.508. The standard InChI is InChI=1S/C5H10O4.Sr.2H/c1-8-2-3-9-4-5(6)7;;;/h2-4H2,1H3,(H,6,7);;;/q;+2;2*-1. The van der Waals surface area contributed by atoms with E-state index in [1.165, 1.54) is 7.11 Å². The second kappa shape index (κ2) is 9.87. The van der Waals surface area contributed by atoms with Gasteiger partial charge in [-0.15, -0.1) is 0 Å². The summed E-state index contributed by atoms with van der Waals surface area (Å²) in [6.07, 6.45) is 0. The first-order chi connectivity index (χ1) is 4.27. The first-order valence-corrected chi connectivity index (χ1v) is 2.56. The molecule has 5 heteroatoms. The molecule has 0 aromatic heterocycles. The van der Waals surface area contributed by atoms with Crippen molar-refractivity contribution < 1.29 is 22.2 Å². The molecule has 0 heterocycles. The summed E-state index contributed by atoms with van der Waals surface area (Å²) in [6.45, 7) is 0.527. The Balaban J connectivity index is -0.000000107. The molecule has 0 fully saturated rings. The van der Waals surface area contributed by atoms with Crippen LogP contribution in [0.4, 0.5) is 0 Å². The molecule has 0 amide bonds. The zero-order valence-electron chi connectivity index (χ0n) is 8.00. The van der Waals surface area contributed by atoms with Crippen LogP contribution in [0.2, 0.25) is 0 Å². The van der Waals surface area contributed by atoms with Gasteiger partial charge >= 0.3 is 51.5 Å². The van der Waals surface area contributed by atoms with Crippen molar-refractivity contribution in [2.24, 2.45) is 0 Å². The summed E-state index contributed by atoms with van der Waals surface area (Å²) in [5.74, 6) is -0.953. The van der Waals surface area contributed by atoms with Crippen LogP contribution in [0.15, 0.2) is 0 Å². The van der Waals surface area contributed by atoms with E-state index in [1.807, 2.05) is 0 Å². The summed E-state index contributed by atoms with van der Waals surface area (Å²) in [5, 5.41) is 8.05. The Hall–Kier alpha value is 0.871. The number of hydrogen-bond acceptors (Lipinski definition) is 3. The number of rotatable bonds is 5. The number of aliphatic carboxylic acids is 1. The van der Waals surface area contributed by atoms with Gasteiger partial charge in [-0.3, -0.25) is 0 Å². The van der Waals surface area contributed by atoms with E-state index in [2.05, 4.69) is 9.47 Å². The van der Waals surface area contributed by atoms with E-state index in [1.54, 1.807) is 0 Å². The molecule has 1 N–H and O–H groups in total. The van der Waals surface area contributed by atoms with E-state index in [0.29, 0.717) is 13.2 Å². The first-order valence-electron chi connectivity index (χ1n) is 2.56. The Labute approximate surface area is 99.7 Å². The third-order valence-electron chi connectivity index (χ3n) is 0.657. The topological polar surface area (TPSA) is 55.8 Å². The summed E-state index contributed by atoms with van der Waals surface area (Å²) in [5.41, 5.74) is 0. The second-order valence-corrected chi connectivity index (χ2v) is 1.44. The minimum absolute atomic E-state index is 0. The van der Waals surface area contributed by atoms with Crippen molar-refractivity contribution in [2.75, 3.05) is 26.9 Å². The van der Waals surface area contributed by atoms with Gasteiger partial charge in [0.25, 0.3) is 0 Å². The molecule has 0 atom stereocenters. The summed E-state index contributed by atoms with van der Waals surface area (Å²) >= 11 is 0. The van der Waals surface area contributed by atoms with Gasteiger partial charge in [-0.2, -0.15) is 0 Å². The zero-order valence-corrected chi connectivity index (χ0v) is 9.48. The van der Waals surface area contributed by atoms with Crippen LogP contribution >= 0.6 is 0 Å². The molecule has 0 aromatic rings. The smallest absolute Gasteiger partial charge is 1.00 e. The van der Waals surface area contributed by atoms with Crippen LogP contribution in [-0.4, -0.2) is 83.5 Å². The van der Waals surface area contributed by atoms with Crippen LogP contribution in [0.5, 0.6) is 0 Å². The Morgan fingerprint density at radius 1 is 1.60 bits per heavy atom. The van der Waals surface area contributed by atoms with Crippen molar-refractivity contribution in [3.05, 3.63) is 0 Å². The van der Waals surface area contributed by atoms with Crippen LogP contribution in [0.25, 0.3) is 0 Å². The molecule has 0 bridgehead atoms. The monoisotopic (exact) mass is 224 g/mol. The molecule has 0 aliphatic heterocycles. The maximum atomic E-state index is 9.80. The van der Waals surface area contributed by atoms with Gasteiger partial charge in [0.2, 0.25) is 0 Å². The molecule has 0 radical (unpaired) electrons. The molecular formula is C5H12O4Sr. The molecule has 0 rings (SSSR count). The van der Waals surface area contributed by atoms with Gasteiger partial charge in [-0.25, -0.2) is 4.79 Å². The maximum Gasteiger partial charge on any atom is 2.00 e. The Morgan fingerprint density at radius 3 is 2.60 bits per heavy atom. The zero-order chi connectivity index (χ0) is 7.11. The van der Waals surface area contributed by atoms with Gasteiger partial charge in [-0.1, -0.05) is 0 Å². The van der Waals surface area contributed by atoms with Crippen molar-refractivity contribution in [1.82, 2.24) is 0 Å². The molecule has 0 aromatic carbocycles. The fraction of sp³-hybridized carbons (Fsp3) is 0.800. The van der Waals surface area contributed by atoms with E-state index >= 15 is 0 Å². The van der Waals surface area contributed by atoms with Crippen LogP contribution in [0.3, 0.4) is 0 Å². The minimum atomic E-state index is -0.953. The minimum Gasteiger partial charge on any atom is -1.00 e. The van der Waals surface area contributed by atoms with Crippen molar-refractivity contribution >= 4 is 51.5 Å². The van der Waals surface area contributed by atoms with Gasteiger partial charge in [0.15, 0.2) is 0 Å². The predicted molar refractivity (Wildman–Crippen MR) is 38.3 cm³/mol. The van der Waals surface area contributed by atoms with E-state index < -0.39 is 5.97 Å². The largest absolute Gasteiger partial charge is 2.00 e. The number of carboxylic acids is 1.